The largest absolute Gasteiger partial charge is 0.254 e. The van der Waals surface area contributed by atoms with Gasteiger partial charge in [0.15, 0.2) is 17.5 Å². The minimum Gasteiger partial charge on any atom is -0.254 e. The van der Waals surface area contributed by atoms with Gasteiger partial charge in [0.1, 0.15) is 11.4 Å². The zero-order chi connectivity index (χ0) is 29.3. The number of benzene rings is 4. The quantitative estimate of drug-likeness (QED) is 0.195. The number of pyridine rings is 3. The van der Waals surface area contributed by atoms with E-state index in [1.807, 2.05) is 91.1 Å². The minimum absolute atomic E-state index is 0.473. The summed E-state index contributed by atoms with van der Waals surface area (Å²) < 4.78 is 0. The highest BCUT2D eigenvalue weighted by molar-refractivity contribution is 6.03. The Labute approximate surface area is 253 Å². The first kappa shape index (κ1) is 25.6. The molecule has 0 amide bonds. The molecule has 6 nitrogen and oxygen atoms in total. The summed E-state index contributed by atoms with van der Waals surface area (Å²) in [6.45, 7) is 0. The van der Waals surface area contributed by atoms with E-state index in [0.29, 0.717) is 28.9 Å². The van der Waals surface area contributed by atoms with Crippen LogP contribution in [0.3, 0.4) is 0 Å². The Morgan fingerprint density at radius 1 is 0.318 bits per heavy atom. The Kier molecular flexibility index (Phi) is 6.35. The molecule has 4 aromatic heterocycles. The average molecular weight is 565 g/mol. The summed E-state index contributed by atoms with van der Waals surface area (Å²) in [5.74, 6) is 1.51. The fourth-order valence-corrected chi connectivity index (χ4v) is 5.35. The van der Waals surface area contributed by atoms with Crippen LogP contribution in [0.2, 0.25) is 0 Å². The molecule has 8 aromatic rings. The molecule has 0 saturated heterocycles. The maximum absolute atomic E-state index is 5.02. The highest BCUT2D eigenvalue weighted by Gasteiger charge is 2.15. The van der Waals surface area contributed by atoms with Gasteiger partial charge in [-0.15, -0.1) is 0 Å². The van der Waals surface area contributed by atoms with Crippen LogP contribution < -0.4 is 0 Å². The smallest absolute Gasteiger partial charge is 0.182 e. The van der Waals surface area contributed by atoms with Crippen molar-refractivity contribution >= 4 is 21.8 Å². The summed E-state index contributed by atoms with van der Waals surface area (Å²) in [6, 6.07) is 44.8. The molecule has 0 aliphatic heterocycles. The Hall–Kier alpha value is -6.14. The van der Waals surface area contributed by atoms with E-state index in [2.05, 4.69) is 53.5 Å². The van der Waals surface area contributed by atoms with E-state index >= 15 is 0 Å². The van der Waals surface area contributed by atoms with Crippen molar-refractivity contribution in [3.8, 4) is 56.7 Å². The molecule has 0 fully saturated rings. The van der Waals surface area contributed by atoms with Crippen LogP contribution in [0.25, 0.3) is 78.5 Å². The summed E-state index contributed by atoms with van der Waals surface area (Å²) in [5.41, 5.74) is 8.23. The van der Waals surface area contributed by atoms with Gasteiger partial charge in [0.25, 0.3) is 0 Å². The highest BCUT2D eigenvalue weighted by atomic mass is 15.1. The third-order valence-corrected chi connectivity index (χ3v) is 7.65. The van der Waals surface area contributed by atoms with E-state index < -0.39 is 0 Å². The summed E-state index contributed by atoms with van der Waals surface area (Å²) >= 11 is 0. The third kappa shape index (κ3) is 4.84. The standard InChI is InChI=1S/C38H24N6/c1-3-8-25(9-4-1)27-13-17-30(18-14-27)36-42-37(32-21-20-31(24-40-32)26-10-5-2-6-11-26)44-38(43-36)33-22-19-29-16-15-28-12-7-23-39-34(28)35(29)41-33/h1-24H. The van der Waals surface area contributed by atoms with Crippen molar-refractivity contribution < 1.29 is 0 Å². The lowest BCUT2D eigenvalue weighted by Crippen LogP contribution is -2.02. The first-order chi connectivity index (χ1) is 21.8. The second-order valence-corrected chi connectivity index (χ2v) is 10.5. The van der Waals surface area contributed by atoms with Crippen LogP contribution in [0.15, 0.2) is 146 Å². The monoisotopic (exact) mass is 564 g/mol. The molecule has 0 aliphatic rings. The molecule has 0 atom stereocenters. The van der Waals surface area contributed by atoms with Crippen LogP contribution >= 0.6 is 0 Å². The molecule has 0 aliphatic carbocycles. The molecule has 0 bridgehead atoms. The van der Waals surface area contributed by atoms with Crippen molar-refractivity contribution in [1.82, 2.24) is 29.9 Å². The lowest BCUT2D eigenvalue weighted by atomic mass is 10.0. The Morgan fingerprint density at radius 3 is 1.57 bits per heavy atom. The predicted molar refractivity (Wildman–Crippen MR) is 175 cm³/mol. The first-order valence-corrected chi connectivity index (χ1v) is 14.4. The second kappa shape index (κ2) is 10.9. The molecule has 0 radical (unpaired) electrons. The van der Waals surface area contributed by atoms with Gasteiger partial charge < -0.3 is 0 Å². The number of hydrogen-bond acceptors (Lipinski definition) is 6. The molecule has 0 N–H and O–H groups in total. The number of fused-ring (bicyclic) bond motifs is 3. The van der Waals surface area contributed by atoms with E-state index in [0.717, 1.165) is 49.6 Å². The molecule has 4 aromatic carbocycles. The Morgan fingerprint density at radius 2 is 0.864 bits per heavy atom. The summed E-state index contributed by atoms with van der Waals surface area (Å²) in [5, 5.41) is 2.03. The second-order valence-electron chi connectivity index (χ2n) is 10.5. The van der Waals surface area contributed by atoms with Crippen LogP contribution in [0.4, 0.5) is 0 Å². The Bertz CT molecular complexity index is 2150. The summed E-state index contributed by atoms with van der Waals surface area (Å²) in [4.78, 5) is 29.1. The van der Waals surface area contributed by atoms with Crippen molar-refractivity contribution in [2.45, 2.75) is 0 Å². The maximum Gasteiger partial charge on any atom is 0.182 e. The average Bonchev–Trinajstić information content (AvgIpc) is 3.12. The summed E-state index contributed by atoms with van der Waals surface area (Å²) in [6.07, 6.45) is 3.65. The molecule has 0 saturated carbocycles. The van der Waals surface area contributed by atoms with Crippen LogP contribution in [-0.4, -0.2) is 29.9 Å². The van der Waals surface area contributed by atoms with Crippen LogP contribution in [0, 0.1) is 0 Å². The number of aromatic nitrogens is 6. The molecule has 6 heteroatoms. The normalized spacial score (nSPS) is 11.2. The topological polar surface area (TPSA) is 77.3 Å². The molecule has 4 heterocycles. The SMILES string of the molecule is c1ccc(-c2ccc(-c3nc(-c4ccc(-c5ccccc5)cn4)nc(-c4ccc5ccc6cccnc6c5n4)n3)cc2)cc1. The van der Waals surface area contributed by atoms with Gasteiger partial charge in [-0.05, 0) is 34.9 Å². The lowest BCUT2D eigenvalue weighted by Gasteiger charge is -2.10. The molecular weight excluding hydrogens is 540 g/mol. The van der Waals surface area contributed by atoms with Crippen LogP contribution in [0.1, 0.15) is 0 Å². The van der Waals surface area contributed by atoms with E-state index in [4.69, 9.17) is 24.9 Å². The van der Waals surface area contributed by atoms with E-state index in [9.17, 15) is 0 Å². The van der Waals surface area contributed by atoms with Gasteiger partial charge in [-0.2, -0.15) is 0 Å². The van der Waals surface area contributed by atoms with Crippen molar-refractivity contribution in [2.75, 3.05) is 0 Å². The van der Waals surface area contributed by atoms with E-state index in [1.165, 1.54) is 0 Å². The van der Waals surface area contributed by atoms with Gasteiger partial charge in [0.2, 0.25) is 0 Å². The van der Waals surface area contributed by atoms with Crippen molar-refractivity contribution in [1.29, 1.82) is 0 Å². The number of rotatable bonds is 5. The zero-order valence-corrected chi connectivity index (χ0v) is 23.5. The van der Waals surface area contributed by atoms with E-state index in [-0.39, 0.29) is 0 Å². The predicted octanol–water partition coefficient (Wildman–Crippen LogP) is 8.70. The van der Waals surface area contributed by atoms with Gasteiger partial charge in [-0.1, -0.05) is 115 Å². The lowest BCUT2D eigenvalue weighted by molar-refractivity contribution is 1.05. The third-order valence-electron chi connectivity index (χ3n) is 7.65. The molecule has 8 rings (SSSR count). The van der Waals surface area contributed by atoms with Crippen LogP contribution in [0.5, 0.6) is 0 Å². The fourth-order valence-electron chi connectivity index (χ4n) is 5.35. The molecule has 0 spiro atoms. The van der Waals surface area contributed by atoms with Crippen molar-refractivity contribution in [2.24, 2.45) is 0 Å². The first-order valence-electron chi connectivity index (χ1n) is 14.4. The molecule has 0 unspecified atom stereocenters. The maximum atomic E-state index is 5.02. The Balaban J connectivity index is 1.26. The molecular formula is C38H24N6. The van der Waals surface area contributed by atoms with E-state index in [1.54, 1.807) is 6.20 Å². The zero-order valence-electron chi connectivity index (χ0n) is 23.5. The summed E-state index contributed by atoms with van der Waals surface area (Å²) in [7, 11) is 0. The fraction of sp³-hybridized carbons (Fsp3) is 0. The van der Waals surface area contributed by atoms with Gasteiger partial charge in [0, 0.05) is 34.3 Å². The minimum atomic E-state index is 0.473. The molecule has 206 valence electrons. The van der Waals surface area contributed by atoms with Crippen LogP contribution in [-0.2, 0) is 0 Å². The number of nitrogens with zero attached hydrogens (tertiary/aromatic N) is 6. The van der Waals surface area contributed by atoms with Crippen molar-refractivity contribution in [3.05, 3.63) is 146 Å². The van der Waals surface area contributed by atoms with Gasteiger partial charge >= 0.3 is 0 Å². The van der Waals surface area contributed by atoms with Gasteiger partial charge in [-0.3, -0.25) is 9.97 Å². The van der Waals surface area contributed by atoms with Crippen molar-refractivity contribution in [3.63, 3.8) is 0 Å². The van der Waals surface area contributed by atoms with Gasteiger partial charge in [-0.25, -0.2) is 19.9 Å². The highest BCUT2D eigenvalue weighted by Crippen LogP contribution is 2.29. The number of hydrogen-bond donors (Lipinski definition) is 0. The van der Waals surface area contributed by atoms with Gasteiger partial charge in [0.05, 0.1) is 11.0 Å². The molecule has 44 heavy (non-hydrogen) atoms.